The van der Waals surface area contributed by atoms with Gasteiger partial charge in [0, 0.05) is 12.4 Å². The van der Waals surface area contributed by atoms with Gasteiger partial charge in [0.15, 0.2) is 0 Å². The summed E-state index contributed by atoms with van der Waals surface area (Å²) >= 11 is 0. The van der Waals surface area contributed by atoms with Crippen LogP contribution in [0.4, 0.5) is 4.39 Å². The zero-order chi connectivity index (χ0) is 15.2. The van der Waals surface area contributed by atoms with Crippen LogP contribution in [-0.4, -0.2) is 13.0 Å². The third-order valence-electron chi connectivity index (χ3n) is 3.57. The van der Waals surface area contributed by atoms with Crippen LogP contribution in [0.3, 0.4) is 0 Å². The Morgan fingerprint density at radius 1 is 1.00 bits per heavy atom. The van der Waals surface area contributed by atoms with E-state index in [9.17, 15) is 12.8 Å². The van der Waals surface area contributed by atoms with E-state index < -0.39 is 9.84 Å². The van der Waals surface area contributed by atoms with Gasteiger partial charge in [-0.2, -0.15) is 0 Å². The second-order valence-electron chi connectivity index (χ2n) is 5.06. The molecule has 0 aliphatic heterocycles. The van der Waals surface area contributed by atoms with Crippen LogP contribution in [0.15, 0.2) is 58.5 Å². The molecule has 3 aromatic rings. The molecule has 0 saturated heterocycles. The van der Waals surface area contributed by atoms with Crippen molar-refractivity contribution in [3.8, 4) is 0 Å². The molecule has 108 valence electrons. The minimum absolute atomic E-state index is 0.159. The minimum atomic E-state index is -3.62. The average Bonchev–Trinajstić information content (AvgIpc) is 2.77. The highest BCUT2D eigenvalue weighted by atomic mass is 32.2. The van der Waals surface area contributed by atoms with Gasteiger partial charge in [-0.05, 0) is 43.3 Å². The van der Waals surface area contributed by atoms with E-state index in [0.717, 1.165) is 5.56 Å². The fraction of sp³-hybridized carbons (Fsp3) is 0.125. The number of hydrogen-bond acceptors (Lipinski definition) is 2. The van der Waals surface area contributed by atoms with Crippen molar-refractivity contribution in [1.82, 2.24) is 4.57 Å². The number of aromatic nitrogens is 1. The van der Waals surface area contributed by atoms with Gasteiger partial charge in [0.25, 0.3) is 0 Å². The lowest BCUT2D eigenvalue weighted by Crippen LogP contribution is -2.07. The van der Waals surface area contributed by atoms with Crippen LogP contribution >= 0.6 is 0 Å². The first-order chi connectivity index (χ1) is 9.89. The molecule has 0 radical (unpaired) electrons. The van der Waals surface area contributed by atoms with Crippen molar-refractivity contribution in [1.29, 1.82) is 0 Å². The molecule has 0 N–H and O–H groups in total. The minimum Gasteiger partial charge on any atom is -0.334 e. The van der Waals surface area contributed by atoms with Gasteiger partial charge < -0.3 is 4.57 Å². The predicted octanol–water partition coefficient (Wildman–Crippen LogP) is 3.46. The molecule has 0 bridgehead atoms. The molecule has 21 heavy (non-hydrogen) atoms. The lowest BCUT2D eigenvalue weighted by atomic mass is 10.2. The van der Waals surface area contributed by atoms with E-state index in [-0.39, 0.29) is 15.7 Å². The van der Waals surface area contributed by atoms with E-state index in [2.05, 4.69) is 0 Å². The number of benzene rings is 2. The summed E-state index contributed by atoms with van der Waals surface area (Å²) in [5.41, 5.74) is 1.55. The van der Waals surface area contributed by atoms with Crippen LogP contribution in [0.5, 0.6) is 0 Å². The predicted molar refractivity (Wildman–Crippen MR) is 79.5 cm³/mol. The summed E-state index contributed by atoms with van der Waals surface area (Å²) in [6.45, 7) is 1.90. The Kier molecular flexibility index (Phi) is 3.10. The fourth-order valence-corrected chi connectivity index (χ4v) is 3.85. The van der Waals surface area contributed by atoms with E-state index in [1.807, 2.05) is 6.92 Å². The van der Waals surface area contributed by atoms with Gasteiger partial charge in [-0.1, -0.05) is 17.7 Å². The quantitative estimate of drug-likeness (QED) is 0.727. The maximum absolute atomic E-state index is 13.3. The molecular formula is C16H14FNO2S. The van der Waals surface area contributed by atoms with Crippen LogP contribution in [-0.2, 0) is 16.9 Å². The molecule has 0 fully saturated rings. The van der Waals surface area contributed by atoms with Gasteiger partial charge in [0.1, 0.15) is 10.8 Å². The first kappa shape index (κ1) is 13.8. The lowest BCUT2D eigenvalue weighted by molar-refractivity contribution is 0.586. The highest BCUT2D eigenvalue weighted by Crippen LogP contribution is 2.27. The molecule has 0 amide bonds. The fourth-order valence-electron chi connectivity index (χ4n) is 2.37. The van der Waals surface area contributed by atoms with Gasteiger partial charge in [0.05, 0.1) is 10.4 Å². The van der Waals surface area contributed by atoms with Crippen molar-refractivity contribution >= 4 is 20.7 Å². The maximum Gasteiger partial charge on any atom is 0.222 e. The smallest absolute Gasteiger partial charge is 0.222 e. The molecule has 2 aromatic carbocycles. The topological polar surface area (TPSA) is 39.1 Å². The SMILES string of the molecule is Cc1ccc(S(=O)(=O)c2cc3ccc(F)cc3n2C)cc1. The first-order valence-electron chi connectivity index (χ1n) is 6.46. The summed E-state index contributed by atoms with van der Waals surface area (Å²) in [7, 11) is -1.99. The van der Waals surface area contributed by atoms with E-state index in [4.69, 9.17) is 0 Å². The van der Waals surface area contributed by atoms with Crippen molar-refractivity contribution in [2.75, 3.05) is 0 Å². The summed E-state index contributed by atoms with van der Waals surface area (Å²) < 4.78 is 40.2. The molecule has 3 nitrogen and oxygen atoms in total. The Morgan fingerprint density at radius 3 is 2.33 bits per heavy atom. The van der Waals surface area contributed by atoms with Gasteiger partial charge >= 0.3 is 0 Å². The number of fused-ring (bicyclic) bond motifs is 1. The van der Waals surface area contributed by atoms with Crippen molar-refractivity contribution in [2.24, 2.45) is 7.05 Å². The molecule has 0 saturated carbocycles. The Bertz CT molecular complexity index is 925. The molecule has 0 aliphatic rings. The molecule has 0 unspecified atom stereocenters. The van der Waals surface area contributed by atoms with E-state index in [0.29, 0.717) is 10.9 Å². The average molecular weight is 303 g/mol. The van der Waals surface area contributed by atoms with Gasteiger partial charge in [-0.15, -0.1) is 0 Å². The zero-order valence-electron chi connectivity index (χ0n) is 11.7. The van der Waals surface area contributed by atoms with E-state index in [1.54, 1.807) is 43.4 Å². The molecule has 1 aromatic heterocycles. The second kappa shape index (κ2) is 4.70. The number of sulfone groups is 1. The highest BCUT2D eigenvalue weighted by Gasteiger charge is 2.22. The van der Waals surface area contributed by atoms with Crippen molar-refractivity contribution in [3.05, 3.63) is 59.9 Å². The molecule has 0 atom stereocenters. The molecular weight excluding hydrogens is 289 g/mol. The summed E-state index contributed by atoms with van der Waals surface area (Å²) in [5.74, 6) is -0.386. The summed E-state index contributed by atoms with van der Waals surface area (Å²) in [6.07, 6.45) is 0. The van der Waals surface area contributed by atoms with E-state index >= 15 is 0 Å². The summed E-state index contributed by atoms with van der Waals surface area (Å²) in [5, 5.41) is 0.858. The van der Waals surface area contributed by atoms with Crippen molar-refractivity contribution in [3.63, 3.8) is 0 Å². The Balaban J connectivity index is 2.24. The Morgan fingerprint density at radius 2 is 1.67 bits per heavy atom. The lowest BCUT2D eigenvalue weighted by Gasteiger charge is -2.06. The van der Waals surface area contributed by atoms with Crippen LogP contribution < -0.4 is 0 Å². The number of hydrogen-bond donors (Lipinski definition) is 0. The molecule has 0 spiro atoms. The van der Waals surface area contributed by atoms with Crippen LogP contribution in [0.2, 0.25) is 0 Å². The Labute approximate surface area is 122 Å². The number of nitrogens with zero attached hydrogens (tertiary/aromatic N) is 1. The van der Waals surface area contributed by atoms with Crippen molar-refractivity contribution in [2.45, 2.75) is 16.8 Å². The summed E-state index contributed by atoms with van der Waals surface area (Å²) in [4.78, 5) is 0.236. The molecule has 5 heteroatoms. The second-order valence-corrected chi connectivity index (χ2v) is 6.96. The maximum atomic E-state index is 13.3. The normalized spacial score (nSPS) is 12.0. The third kappa shape index (κ3) is 2.23. The molecule has 0 aliphatic carbocycles. The van der Waals surface area contributed by atoms with Crippen LogP contribution in [0.1, 0.15) is 5.56 Å². The van der Waals surface area contributed by atoms with E-state index in [1.165, 1.54) is 16.7 Å². The van der Waals surface area contributed by atoms with Crippen LogP contribution in [0, 0.1) is 12.7 Å². The first-order valence-corrected chi connectivity index (χ1v) is 7.94. The molecule has 1 heterocycles. The standard InChI is InChI=1S/C16H14FNO2S/c1-11-3-7-14(8-4-11)21(19,20)16-9-12-5-6-13(17)10-15(12)18(16)2/h3-10H,1-2H3. The van der Waals surface area contributed by atoms with Gasteiger partial charge in [0.2, 0.25) is 9.84 Å². The zero-order valence-corrected chi connectivity index (χ0v) is 12.5. The van der Waals surface area contributed by atoms with Gasteiger partial charge in [-0.25, -0.2) is 12.8 Å². The third-order valence-corrected chi connectivity index (χ3v) is 5.41. The largest absolute Gasteiger partial charge is 0.334 e. The molecule has 3 rings (SSSR count). The van der Waals surface area contributed by atoms with Crippen LogP contribution in [0.25, 0.3) is 10.9 Å². The summed E-state index contributed by atoms with van der Waals surface area (Å²) in [6, 6.07) is 12.5. The number of halogens is 1. The van der Waals surface area contributed by atoms with Crippen molar-refractivity contribution < 1.29 is 12.8 Å². The Hall–Kier alpha value is -2.14. The monoisotopic (exact) mass is 303 g/mol. The van der Waals surface area contributed by atoms with Gasteiger partial charge in [-0.3, -0.25) is 0 Å². The number of aryl methyl sites for hydroxylation is 2. The highest BCUT2D eigenvalue weighted by molar-refractivity contribution is 7.91. The number of rotatable bonds is 2.